The number of aromatic nitrogens is 6. The smallest absolute Gasteiger partial charge is 0.162 e. The number of ketones is 3. The van der Waals surface area contributed by atoms with E-state index in [2.05, 4.69) is 105 Å². The van der Waals surface area contributed by atoms with Crippen LogP contribution in [-0.4, -0.2) is 62.6 Å². The number of carbonyl (C=O) groups excluding carboxylic acids is 3. The zero-order chi connectivity index (χ0) is 73.0. The number of fused-ring (bicyclic) bond motifs is 9. The van der Waals surface area contributed by atoms with Gasteiger partial charge in [-0.05, 0) is 79.0 Å². The molecule has 0 atom stereocenters. The summed E-state index contributed by atoms with van der Waals surface area (Å²) in [6.45, 7) is 15.4. The Labute approximate surface area is 666 Å². The van der Waals surface area contributed by atoms with Gasteiger partial charge >= 0.3 is 0 Å². The number of hydrogen-bond acceptors (Lipinski definition) is 12. The molecular weight excluding hydrogens is 1850 g/mol. The van der Waals surface area contributed by atoms with Crippen LogP contribution in [0, 0.1) is 53.7 Å². The second-order valence-corrected chi connectivity index (χ2v) is 27.0. The van der Waals surface area contributed by atoms with Gasteiger partial charge in [0.05, 0.1) is 51.3 Å². The molecule has 0 spiro atoms. The zero-order valence-electron chi connectivity index (χ0n) is 61.9. The van der Waals surface area contributed by atoms with Crippen LogP contribution in [0.2, 0.25) is 0 Å². The average molecular weight is 1950 g/mol. The number of nitrogens with zero attached hydrogens (tertiary/aromatic N) is 6. The molecule has 3 N–H and O–H groups in total. The first-order valence-electron chi connectivity index (χ1n) is 36.8. The molecule has 0 bridgehead atoms. The predicted molar refractivity (Wildman–Crippen MR) is 422 cm³/mol. The van der Waals surface area contributed by atoms with Gasteiger partial charge < -0.3 is 15.3 Å². The minimum Gasteiger partial charge on any atom is -0.512 e. The maximum absolute atomic E-state index is 12.0. The SMILES string of the molecule is CC(C)C(=O)C=C(O)C(C)C.CCC(CC)C(=O)C=C(O)C(CC)CC.O=C(C=C(O)C1CCCCC1)C1CCCCC1.[Ir].[Ir].[Ir].[c-]1ccccc1-c1ncc2c(ccc3ccccc32)n1.[c-]1ccccc1-c1ncc2ccc3ccccc3c2n1.[c-]1ccccc1-c1ncc2ccc3ccccc3c2n1. The summed E-state index contributed by atoms with van der Waals surface area (Å²) in [5.74, 6) is 3.84. The van der Waals surface area contributed by atoms with E-state index in [0.29, 0.717) is 11.6 Å². The van der Waals surface area contributed by atoms with E-state index >= 15 is 0 Å². The van der Waals surface area contributed by atoms with Crippen molar-refractivity contribution in [1.82, 2.24) is 29.9 Å². The van der Waals surface area contributed by atoms with Crippen molar-refractivity contribution in [3.8, 4) is 34.2 Å². The van der Waals surface area contributed by atoms with Crippen molar-refractivity contribution in [1.29, 1.82) is 0 Å². The van der Waals surface area contributed by atoms with Crippen LogP contribution in [0.3, 0.4) is 0 Å². The van der Waals surface area contributed by atoms with E-state index in [1.165, 1.54) is 72.2 Å². The van der Waals surface area contributed by atoms with Crippen LogP contribution in [0.1, 0.15) is 145 Å². The summed E-state index contributed by atoms with van der Waals surface area (Å²) in [5, 5.41) is 39.3. The molecule has 0 unspecified atom stereocenters. The van der Waals surface area contributed by atoms with E-state index in [0.717, 1.165) is 123 Å². The van der Waals surface area contributed by atoms with E-state index in [1.54, 1.807) is 6.08 Å². The number of hydrogen-bond donors (Lipinski definition) is 3. The van der Waals surface area contributed by atoms with Gasteiger partial charge in [0.25, 0.3) is 0 Å². The van der Waals surface area contributed by atoms with E-state index < -0.39 is 0 Å². The third-order valence-electron chi connectivity index (χ3n) is 19.1. The summed E-state index contributed by atoms with van der Waals surface area (Å²) in [6.07, 6.45) is 24.9. The number of aliphatic hydroxyl groups is 3. The molecular formula is C91H97Ir3N6O6-3. The third-order valence-corrected chi connectivity index (χ3v) is 19.1. The molecule has 3 aromatic heterocycles. The van der Waals surface area contributed by atoms with Crippen molar-refractivity contribution < 1.29 is 90.0 Å². The summed E-state index contributed by atoms with van der Waals surface area (Å²) >= 11 is 0. The minimum absolute atomic E-state index is 0. The van der Waals surface area contributed by atoms with Gasteiger partial charge in [0.1, 0.15) is 0 Å². The van der Waals surface area contributed by atoms with Crippen LogP contribution in [0.25, 0.3) is 99.2 Å². The molecule has 3 heterocycles. The largest absolute Gasteiger partial charge is 0.512 e. The Morgan fingerprint density at radius 1 is 0.396 bits per heavy atom. The molecule has 2 saturated carbocycles. The van der Waals surface area contributed by atoms with Crippen LogP contribution < -0.4 is 0 Å². The van der Waals surface area contributed by atoms with Crippen LogP contribution >= 0.6 is 0 Å². The molecule has 2 aliphatic rings. The Bertz CT molecular complexity index is 4690. The van der Waals surface area contributed by atoms with Crippen LogP contribution in [0.4, 0.5) is 0 Å². The topological polar surface area (TPSA) is 189 Å². The quantitative estimate of drug-likeness (QED) is 0.0360. The molecule has 0 aliphatic heterocycles. The molecule has 15 heteroatoms. The Morgan fingerprint density at radius 3 is 1.22 bits per heavy atom. The van der Waals surface area contributed by atoms with Crippen molar-refractivity contribution in [3.63, 3.8) is 0 Å². The molecule has 9 aromatic carbocycles. The number of carbonyl (C=O) groups is 3. The monoisotopic (exact) mass is 1950 g/mol. The molecule has 557 valence electrons. The molecule has 12 aromatic rings. The van der Waals surface area contributed by atoms with Crippen LogP contribution in [-0.2, 0) is 74.7 Å². The first-order valence-corrected chi connectivity index (χ1v) is 36.8. The Hall–Kier alpha value is -8.64. The van der Waals surface area contributed by atoms with Gasteiger partial charge in [-0.15, -0.1) is 108 Å². The Balaban J connectivity index is 0.000000200. The molecule has 2 aliphatic carbocycles. The third kappa shape index (κ3) is 24.4. The van der Waals surface area contributed by atoms with Gasteiger partial charge in [-0.3, -0.25) is 44.3 Å². The first-order chi connectivity index (χ1) is 50.1. The molecule has 12 nitrogen and oxygen atoms in total. The number of allylic oxidation sites excluding steroid dienone is 6. The van der Waals surface area contributed by atoms with Gasteiger partial charge in [0.2, 0.25) is 0 Å². The fourth-order valence-corrected chi connectivity index (χ4v) is 12.7. The van der Waals surface area contributed by atoms with E-state index in [1.807, 2.05) is 189 Å². The minimum atomic E-state index is -0.0316. The normalized spacial score (nSPS) is 13.3. The number of rotatable bonds is 16. The fourth-order valence-electron chi connectivity index (χ4n) is 12.7. The fraction of sp³-hybridized carbons (Fsp3) is 0.308. The summed E-state index contributed by atoms with van der Waals surface area (Å²) < 4.78 is 0. The van der Waals surface area contributed by atoms with E-state index in [4.69, 9.17) is 9.97 Å². The standard InChI is InChI=1S/3C18H11N2.C15H24O2.C13H24O2.C9H16O2.3Ir/c2*1-2-7-14(8-3-1)18-19-12-15-11-10-13-6-4-5-9-16(13)17(15)20-18;1-2-7-14(8-3-1)18-19-12-16-15-9-5-4-6-13(15)10-11-17(16)20-18;16-14(12-7-3-1-4-8-12)11-15(17)13-9-5-2-6-10-13;1-5-10(6-2)12(14)9-13(15)11(7-3)8-4;1-6(2)8(10)5-9(11)7(3)4;;;/h3*1-7,9-12H;11-13,16H,1-10H2;9-11,14H,5-8H2,1-4H3;5-7,10H,1-4H3;;;/q3*-1;;;;;;. The van der Waals surface area contributed by atoms with E-state index in [9.17, 15) is 29.7 Å². The van der Waals surface area contributed by atoms with Crippen molar-refractivity contribution >= 4 is 82.4 Å². The van der Waals surface area contributed by atoms with Crippen LogP contribution in [0.15, 0.2) is 236 Å². The van der Waals surface area contributed by atoms with Gasteiger partial charge in [-0.1, -0.05) is 197 Å². The maximum Gasteiger partial charge on any atom is 0.162 e. The first kappa shape index (κ1) is 86.3. The molecule has 2 fully saturated rings. The van der Waals surface area contributed by atoms with Gasteiger partial charge in [0, 0.05) is 160 Å². The number of benzene rings is 9. The predicted octanol–water partition coefficient (Wildman–Crippen LogP) is 23.1. The number of aliphatic hydroxyl groups excluding tert-OH is 3. The van der Waals surface area contributed by atoms with Crippen LogP contribution in [0.5, 0.6) is 0 Å². The van der Waals surface area contributed by atoms with Gasteiger partial charge in [-0.25, -0.2) is 0 Å². The van der Waals surface area contributed by atoms with Crippen molar-refractivity contribution in [2.24, 2.45) is 35.5 Å². The van der Waals surface area contributed by atoms with Crippen molar-refractivity contribution in [2.75, 3.05) is 0 Å². The summed E-state index contributed by atoms with van der Waals surface area (Å²) in [5.41, 5.74) is 5.70. The van der Waals surface area contributed by atoms with Gasteiger partial charge in [0.15, 0.2) is 17.3 Å². The molecule has 0 saturated heterocycles. The van der Waals surface area contributed by atoms with Gasteiger partial charge in [-0.2, -0.15) is 0 Å². The zero-order valence-corrected chi connectivity index (χ0v) is 69.1. The summed E-state index contributed by atoms with van der Waals surface area (Å²) in [4.78, 5) is 62.2. The summed E-state index contributed by atoms with van der Waals surface area (Å²) in [6, 6.07) is 70.2. The molecule has 0 amide bonds. The molecule has 106 heavy (non-hydrogen) atoms. The van der Waals surface area contributed by atoms with Crippen molar-refractivity contribution in [2.45, 2.75) is 145 Å². The Morgan fingerprint density at radius 2 is 0.783 bits per heavy atom. The Kier molecular flexibility index (Phi) is 36.2. The second-order valence-electron chi connectivity index (χ2n) is 27.0. The van der Waals surface area contributed by atoms with E-state index in [-0.39, 0.29) is 125 Å². The van der Waals surface area contributed by atoms with Crippen molar-refractivity contribution in [3.05, 3.63) is 254 Å². The second kappa shape index (κ2) is 44.5. The summed E-state index contributed by atoms with van der Waals surface area (Å²) in [7, 11) is 0. The maximum atomic E-state index is 12.0. The molecule has 14 rings (SSSR count). The molecule has 3 radical (unpaired) electrons. The average Bonchev–Trinajstić information content (AvgIpc) is 0.796.